The molecule has 1 aromatic rings. The lowest BCUT2D eigenvalue weighted by Crippen LogP contribution is -2.59. The Hall–Kier alpha value is -3.15. The molecule has 1 aliphatic heterocycles. The Labute approximate surface area is 227 Å². The predicted molar refractivity (Wildman–Crippen MR) is 138 cm³/mol. The summed E-state index contributed by atoms with van der Waals surface area (Å²) in [5.74, 6) is -3.30. The average Bonchev–Trinajstić information content (AvgIpc) is 3.34. The molecule has 2 unspecified atom stereocenters. The van der Waals surface area contributed by atoms with Crippen molar-refractivity contribution in [1.82, 2.24) is 20.4 Å². The fourth-order valence-electron chi connectivity index (χ4n) is 4.54. The minimum absolute atomic E-state index is 0.192. The normalized spacial score (nSPS) is 18.0. The van der Waals surface area contributed by atoms with Crippen LogP contribution in [-0.2, 0) is 25.7 Å². The van der Waals surface area contributed by atoms with Crippen LogP contribution in [0.4, 0.5) is 13.2 Å². The first kappa shape index (κ1) is 32.1. The molecule has 39 heavy (non-hydrogen) atoms. The van der Waals surface area contributed by atoms with Crippen molar-refractivity contribution in [3.63, 3.8) is 0 Å². The number of aliphatic hydroxyl groups is 1. The van der Waals surface area contributed by atoms with E-state index in [1.165, 1.54) is 30.6 Å². The summed E-state index contributed by atoms with van der Waals surface area (Å²) in [6.45, 7) is 7.79. The first-order valence-corrected chi connectivity index (χ1v) is 13.1. The van der Waals surface area contributed by atoms with Gasteiger partial charge in [-0.1, -0.05) is 58.0 Å². The van der Waals surface area contributed by atoms with Crippen molar-refractivity contribution in [2.24, 2.45) is 11.8 Å². The lowest BCUT2D eigenvalue weighted by atomic mass is 9.97. The first-order chi connectivity index (χ1) is 18.1. The van der Waals surface area contributed by atoms with Crippen molar-refractivity contribution < 1.29 is 37.5 Å². The minimum atomic E-state index is -4.92. The zero-order chi connectivity index (χ0) is 29.5. The standard InChI is InChI=1S/C27H39F3N4O5/c1-16(2)22(24(37)27(28,29)30)32-25(38)20-12-9-13-34(20)26(39)23(17(3)4)31-21(36)15-33(18(5)35)14-19-10-7-6-8-11-19/h6-8,10-11,16-17,20,22-24,37H,9,12-15H2,1-5H3,(H,31,36)(H,32,38)/t20-,22?,23-,24?/m0/s1. The van der Waals surface area contributed by atoms with Crippen LogP contribution in [0.25, 0.3) is 0 Å². The molecule has 12 heteroatoms. The summed E-state index contributed by atoms with van der Waals surface area (Å²) in [6, 6.07) is 5.48. The van der Waals surface area contributed by atoms with Crippen LogP contribution in [0.15, 0.2) is 30.3 Å². The molecule has 2 rings (SSSR count). The second kappa shape index (κ2) is 13.8. The maximum absolute atomic E-state index is 13.5. The molecule has 4 atom stereocenters. The van der Waals surface area contributed by atoms with E-state index in [4.69, 9.17) is 0 Å². The molecule has 218 valence electrons. The number of nitrogens with one attached hydrogen (secondary N) is 2. The van der Waals surface area contributed by atoms with Crippen LogP contribution >= 0.6 is 0 Å². The monoisotopic (exact) mass is 556 g/mol. The van der Waals surface area contributed by atoms with E-state index in [-0.39, 0.29) is 37.9 Å². The molecular weight excluding hydrogens is 517 g/mol. The number of benzene rings is 1. The van der Waals surface area contributed by atoms with E-state index in [1.54, 1.807) is 13.8 Å². The third-order valence-corrected chi connectivity index (χ3v) is 6.79. The van der Waals surface area contributed by atoms with Crippen LogP contribution < -0.4 is 10.6 Å². The van der Waals surface area contributed by atoms with Gasteiger partial charge in [-0.3, -0.25) is 19.2 Å². The van der Waals surface area contributed by atoms with Crippen molar-refractivity contribution in [3.8, 4) is 0 Å². The van der Waals surface area contributed by atoms with E-state index < -0.39 is 54.0 Å². The lowest BCUT2D eigenvalue weighted by Gasteiger charge is -2.33. The SMILES string of the molecule is CC(=O)N(CC(=O)N[C@H](C(=O)N1CCC[C@H]1C(=O)NC(C(C)C)C(O)C(F)(F)F)C(C)C)Cc1ccccc1. The average molecular weight is 557 g/mol. The lowest BCUT2D eigenvalue weighted by molar-refractivity contribution is -0.215. The fourth-order valence-corrected chi connectivity index (χ4v) is 4.54. The van der Waals surface area contributed by atoms with Gasteiger partial charge in [0.25, 0.3) is 0 Å². The van der Waals surface area contributed by atoms with E-state index >= 15 is 0 Å². The molecule has 1 aromatic carbocycles. The molecule has 0 saturated carbocycles. The maximum Gasteiger partial charge on any atom is 0.416 e. The van der Waals surface area contributed by atoms with E-state index in [9.17, 15) is 37.5 Å². The van der Waals surface area contributed by atoms with Gasteiger partial charge in [0.05, 0.1) is 12.6 Å². The summed E-state index contributed by atoms with van der Waals surface area (Å²) in [7, 11) is 0. The molecule has 9 nitrogen and oxygen atoms in total. The summed E-state index contributed by atoms with van der Waals surface area (Å²) in [5.41, 5.74) is 0.832. The second-order valence-corrected chi connectivity index (χ2v) is 10.6. The number of carbonyl (C=O) groups is 4. The molecule has 4 amide bonds. The highest BCUT2D eigenvalue weighted by Gasteiger charge is 2.47. The molecule has 0 bridgehead atoms. The number of amides is 4. The predicted octanol–water partition coefficient (Wildman–Crippen LogP) is 2.23. The van der Waals surface area contributed by atoms with Crippen molar-refractivity contribution >= 4 is 23.6 Å². The van der Waals surface area contributed by atoms with Gasteiger partial charge in [-0.05, 0) is 30.2 Å². The van der Waals surface area contributed by atoms with Gasteiger partial charge >= 0.3 is 6.18 Å². The molecule has 0 aliphatic carbocycles. The van der Waals surface area contributed by atoms with Crippen LogP contribution in [0, 0.1) is 11.8 Å². The first-order valence-electron chi connectivity index (χ1n) is 13.1. The van der Waals surface area contributed by atoms with Gasteiger partial charge in [0, 0.05) is 20.0 Å². The van der Waals surface area contributed by atoms with Crippen LogP contribution in [0.5, 0.6) is 0 Å². The Morgan fingerprint density at radius 2 is 1.67 bits per heavy atom. The number of hydrogen-bond donors (Lipinski definition) is 3. The summed E-state index contributed by atoms with van der Waals surface area (Å²) < 4.78 is 39.4. The van der Waals surface area contributed by atoms with Crippen molar-refractivity contribution in [2.75, 3.05) is 13.1 Å². The smallest absolute Gasteiger partial charge is 0.382 e. The van der Waals surface area contributed by atoms with Gasteiger partial charge in [-0.2, -0.15) is 13.2 Å². The molecule has 0 aromatic heterocycles. The molecule has 1 saturated heterocycles. The maximum atomic E-state index is 13.5. The highest BCUT2D eigenvalue weighted by molar-refractivity contribution is 5.93. The molecule has 0 radical (unpaired) electrons. The number of carbonyl (C=O) groups excluding carboxylic acids is 4. The van der Waals surface area contributed by atoms with Crippen LogP contribution in [0.3, 0.4) is 0 Å². The third-order valence-electron chi connectivity index (χ3n) is 6.79. The zero-order valence-electron chi connectivity index (χ0n) is 23.0. The molecule has 1 heterocycles. The van der Waals surface area contributed by atoms with Crippen LogP contribution in [0.1, 0.15) is 53.0 Å². The number of aliphatic hydroxyl groups excluding tert-OH is 1. The summed E-state index contributed by atoms with van der Waals surface area (Å²) in [4.78, 5) is 54.1. The highest BCUT2D eigenvalue weighted by atomic mass is 19.4. The number of rotatable bonds is 11. The van der Waals surface area contributed by atoms with Crippen LogP contribution in [-0.4, -0.2) is 82.0 Å². The van der Waals surface area contributed by atoms with E-state index in [1.807, 2.05) is 30.3 Å². The Bertz CT molecular complexity index is 1000. The minimum Gasteiger partial charge on any atom is -0.382 e. The van der Waals surface area contributed by atoms with Crippen molar-refractivity contribution in [2.45, 2.75) is 84.4 Å². The van der Waals surface area contributed by atoms with Gasteiger partial charge in [0.1, 0.15) is 12.1 Å². The quantitative estimate of drug-likeness (QED) is 0.386. The van der Waals surface area contributed by atoms with Gasteiger partial charge in [-0.15, -0.1) is 0 Å². The van der Waals surface area contributed by atoms with E-state index in [2.05, 4.69) is 10.6 Å². The number of hydrogen-bond acceptors (Lipinski definition) is 5. The van der Waals surface area contributed by atoms with E-state index in [0.29, 0.717) is 6.42 Å². The Morgan fingerprint density at radius 3 is 2.18 bits per heavy atom. The van der Waals surface area contributed by atoms with E-state index in [0.717, 1.165) is 5.56 Å². The van der Waals surface area contributed by atoms with Gasteiger partial charge in [-0.25, -0.2) is 0 Å². The van der Waals surface area contributed by atoms with Gasteiger partial charge in [0.15, 0.2) is 6.10 Å². The van der Waals surface area contributed by atoms with Crippen molar-refractivity contribution in [1.29, 1.82) is 0 Å². The summed E-state index contributed by atoms with van der Waals surface area (Å²) in [6.07, 6.45) is -6.99. The van der Waals surface area contributed by atoms with Crippen molar-refractivity contribution in [3.05, 3.63) is 35.9 Å². The Morgan fingerprint density at radius 1 is 1.05 bits per heavy atom. The number of halogens is 3. The number of likely N-dealkylation sites (tertiary alicyclic amines) is 1. The van der Waals surface area contributed by atoms with Gasteiger partial charge < -0.3 is 25.5 Å². The molecule has 0 spiro atoms. The summed E-state index contributed by atoms with van der Waals surface area (Å²) in [5, 5.41) is 14.7. The second-order valence-electron chi connectivity index (χ2n) is 10.6. The molecule has 1 fully saturated rings. The molecular formula is C27H39F3N4O5. The highest BCUT2D eigenvalue weighted by Crippen LogP contribution is 2.27. The zero-order valence-corrected chi connectivity index (χ0v) is 23.0. The Balaban J connectivity index is 2.12. The Kier molecular flexibility index (Phi) is 11.3. The topological polar surface area (TPSA) is 119 Å². The van der Waals surface area contributed by atoms with Gasteiger partial charge in [0.2, 0.25) is 23.6 Å². The number of nitrogens with zero attached hydrogens (tertiary/aromatic N) is 2. The number of alkyl halides is 3. The summed E-state index contributed by atoms with van der Waals surface area (Å²) >= 11 is 0. The molecule has 3 N–H and O–H groups in total. The third kappa shape index (κ3) is 8.94. The molecule has 1 aliphatic rings. The largest absolute Gasteiger partial charge is 0.416 e. The fraction of sp³-hybridized carbons (Fsp3) is 0.630. The van der Waals surface area contributed by atoms with Crippen LogP contribution in [0.2, 0.25) is 0 Å².